The van der Waals surface area contributed by atoms with Crippen molar-refractivity contribution in [2.45, 2.75) is 27.2 Å². The summed E-state index contributed by atoms with van der Waals surface area (Å²) in [6.07, 6.45) is 0.989. The molecule has 0 atom stereocenters. The molecule has 0 saturated carbocycles. The molecule has 0 heterocycles. The molecular weight excluding hydrogens is 220 g/mol. The van der Waals surface area contributed by atoms with E-state index in [0.29, 0.717) is 0 Å². The van der Waals surface area contributed by atoms with Gasteiger partial charge in [0.2, 0.25) is 0 Å². The molecular formula is C17H20O. The molecule has 0 bridgehead atoms. The maximum Gasteiger partial charge on any atom is 0.119 e. The molecule has 18 heavy (non-hydrogen) atoms. The predicted octanol–water partition coefficient (Wildman–Crippen LogP) is 4.21. The second-order valence-electron chi connectivity index (χ2n) is 4.91. The van der Waals surface area contributed by atoms with Crippen LogP contribution in [0, 0.1) is 20.8 Å². The first-order valence-electron chi connectivity index (χ1n) is 6.30. The van der Waals surface area contributed by atoms with Crippen LogP contribution in [0.2, 0.25) is 0 Å². The summed E-state index contributed by atoms with van der Waals surface area (Å²) in [4.78, 5) is 0. The predicted molar refractivity (Wildman–Crippen MR) is 76.5 cm³/mol. The van der Waals surface area contributed by atoms with Crippen LogP contribution in [0.15, 0.2) is 36.4 Å². The van der Waals surface area contributed by atoms with Crippen LogP contribution in [0.4, 0.5) is 0 Å². The molecule has 0 N–H and O–H groups in total. The summed E-state index contributed by atoms with van der Waals surface area (Å²) in [6.45, 7) is 6.44. The van der Waals surface area contributed by atoms with Gasteiger partial charge in [-0.3, -0.25) is 0 Å². The quantitative estimate of drug-likeness (QED) is 0.781. The Balaban J connectivity index is 2.35. The lowest BCUT2D eigenvalue weighted by Gasteiger charge is -2.12. The van der Waals surface area contributed by atoms with E-state index < -0.39 is 0 Å². The maximum absolute atomic E-state index is 5.30. The standard InChI is InChI=1S/C17H20O/c1-12-6-5-7-15(8-12)11-17-13(2)9-16(18-4)10-14(17)3/h5-10H,11H2,1-4H3. The molecule has 0 aliphatic heterocycles. The monoisotopic (exact) mass is 240 g/mol. The largest absolute Gasteiger partial charge is 0.497 e. The van der Waals surface area contributed by atoms with Crippen molar-refractivity contribution in [2.24, 2.45) is 0 Å². The van der Waals surface area contributed by atoms with Crippen LogP contribution in [0.25, 0.3) is 0 Å². The molecule has 1 heteroatoms. The first-order valence-corrected chi connectivity index (χ1v) is 6.30. The number of hydrogen-bond acceptors (Lipinski definition) is 1. The van der Waals surface area contributed by atoms with Crippen molar-refractivity contribution >= 4 is 0 Å². The lowest BCUT2D eigenvalue weighted by Crippen LogP contribution is -1.97. The molecule has 0 spiro atoms. The molecule has 0 unspecified atom stereocenters. The highest BCUT2D eigenvalue weighted by molar-refractivity contribution is 5.43. The van der Waals surface area contributed by atoms with Crippen LogP contribution in [0.3, 0.4) is 0 Å². The fourth-order valence-corrected chi connectivity index (χ4v) is 2.38. The molecule has 1 nitrogen and oxygen atoms in total. The van der Waals surface area contributed by atoms with Crippen LogP contribution < -0.4 is 4.74 Å². The average Bonchev–Trinajstić information content (AvgIpc) is 2.33. The number of ether oxygens (including phenoxy) is 1. The summed E-state index contributed by atoms with van der Waals surface area (Å²) in [5, 5.41) is 0. The Hall–Kier alpha value is -1.76. The van der Waals surface area contributed by atoms with Gasteiger partial charge >= 0.3 is 0 Å². The van der Waals surface area contributed by atoms with E-state index in [-0.39, 0.29) is 0 Å². The molecule has 2 rings (SSSR count). The third-order valence-electron chi connectivity index (χ3n) is 3.37. The molecule has 94 valence electrons. The van der Waals surface area contributed by atoms with Crippen LogP contribution >= 0.6 is 0 Å². The van der Waals surface area contributed by atoms with E-state index in [1.807, 2.05) is 0 Å². The zero-order valence-electron chi connectivity index (χ0n) is 11.6. The number of rotatable bonds is 3. The Morgan fingerprint density at radius 1 is 0.944 bits per heavy atom. The Morgan fingerprint density at radius 2 is 1.61 bits per heavy atom. The molecule has 2 aromatic rings. The molecule has 2 aromatic carbocycles. The van der Waals surface area contributed by atoms with Gasteiger partial charge in [0.1, 0.15) is 5.75 Å². The first kappa shape index (κ1) is 12.7. The van der Waals surface area contributed by atoms with Gasteiger partial charge in [0.15, 0.2) is 0 Å². The van der Waals surface area contributed by atoms with Crippen molar-refractivity contribution in [3.8, 4) is 5.75 Å². The van der Waals surface area contributed by atoms with Gasteiger partial charge in [-0.15, -0.1) is 0 Å². The molecule has 0 aliphatic rings. The zero-order valence-corrected chi connectivity index (χ0v) is 11.6. The van der Waals surface area contributed by atoms with Gasteiger partial charge in [-0.25, -0.2) is 0 Å². The minimum Gasteiger partial charge on any atom is -0.497 e. The van der Waals surface area contributed by atoms with E-state index in [9.17, 15) is 0 Å². The van der Waals surface area contributed by atoms with Crippen molar-refractivity contribution in [2.75, 3.05) is 7.11 Å². The summed E-state index contributed by atoms with van der Waals surface area (Å²) in [5.74, 6) is 0.943. The van der Waals surface area contributed by atoms with E-state index in [1.165, 1.54) is 27.8 Å². The Labute approximate surface area is 109 Å². The van der Waals surface area contributed by atoms with Gasteiger partial charge in [0.05, 0.1) is 7.11 Å². The normalized spacial score (nSPS) is 10.4. The van der Waals surface area contributed by atoms with E-state index in [2.05, 4.69) is 57.2 Å². The third-order valence-corrected chi connectivity index (χ3v) is 3.37. The fourth-order valence-electron chi connectivity index (χ4n) is 2.38. The molecule has 0 saturated heterocycles. The average molecular weight is 240 g/mol. The lowest BCUT2D eigenvalue weighted by atomic mass is 9.95. The first-order chi connectivity index (χ1) is 8.60. The van der Waals surface area contributed by atoms with Crippen molar-refractivity contribution in [3.63, 3.8) is 0 Å². The third kappa shape index (κ3) is 2.73. The van der Waals surface area contributed by atoms with Gasteiger partial charge in [0, 0.05) is 0 Å². The van der Waals surface area contributed by atoms with Gasteiger partial charge in [-0.1, -0.05) is 29.8 Å². The van der Waals surface area contributed by atoms with Gasteiger partial charge in [0.25, 0.3) is 0 Å². The van der Waals surface area contributed by atoms with Crippen LogP contribution in [-0.2, 0) is 6.42 Å². The van der Waals surface area contributed by atoms with Crippen molar-refractivity contribution in [3.05, 3.63) is 64.2 Å². The number of aryl methyl sites for hydroxylation is 3. The second kappa shape index (κ2) is 5.26. The SMILES string of the molecule is COc1cc(C)c(Cc2cccc(C)c2)c(C)c1. The lowest BCUT2D eigenvalue weighted by molar-refractivity contribution is 0.414. The number of methoxy groups -OCH3 is 1. The number of hydrogen-bond donors (Lipinski definition) is 0. The van der Waals surface area contributed by atoms with Crippen molar-refractivity contribution < 1.29 is 4.74 Å². The van der Waals surface area contributed by atoms with E-state index in [4.69, 9.17) is 4.74 Å². The smallest absolute Gasteiger partial charge is 0.119 e. The summed E-state index contributed by atoms with van der Waals surface area (Å²) in [7, 11) is 1.72. The topological polar surface area (TPSA) is 9.23 Å². The molecule has 0 fully saturated rings. The number of benzene rings is 2. The second-order valence-corrected chi connectivity index (χ2v) is 4.91. The zero-order chi connectivity index (χ0) is 13.1. The Kier molecular flexibility index (Phi) is 3.71. The van der Waals surface area contributed by atoms with Crippen molar-refractivity contribution in [1.82, 2.24) is 0 Å². The molecule has 0 aromatic heterocycles. The van der Waals surface area contributed by atoms with Crippen LogP contribution in [0.5, 0.6) is 5.75 Å². The molecule has 0 radical (unpaired) electrons. The summed E-state index contributed by atoms with van der Waals surface area (Å²) in [5.41, 5.74) is 6.69. The minimum atomic E-state index is 0.943. The highest BCUT2D eigenvalue weighted by Crippen LogP contribution is 2.24. The van der Waals surface area contributed by atoms with Crippen LogP contribution in [0.1, 0.15) is 27.8 Å². The Bertz CT molecular complexity index is 532. The Morgan fingerprint density at radius 3 is 2.17 bits per heavy atom. The maximum atomic E-state index is 5.30. The van der Waals surface area contributed by atoms with E-state index in [0.717, 1.165) is 12.2 Å². The molecule has 0 amide bonds. The van der Waals surface area contributed by atoms with Crippen LogP contribution in [-0.4, -0.2) is 7.11 Å². The van der Waals surface area contributed by atoms with Gasteiger partial charge < -0.3 is 4.74 Å². The van der Waals surface area contributed by atoms with E-state index >= 15 is 0 Å². The minimum absolute atomic E-state index is 0.943. The molecule has 0 aliphatic carbocycles. The summed E-state index contributed by atoms with van der Waals surface area (Å²) >= 11 is 0. The summed E-state index contributed by atoms with van der Waals surface area (Å²) < 4.78 is 5.30. The highest BCUT2D eigenvalue weighted by atomic mass is 16.5. The van der Waals surface area contributed by atoms with E-state index in [1.54, 1.807) is 7.11 Å². The van der Waals surface area contributed by atoms with Gasteiger partial charge in [-0.2, -0.15) is 0 Å². The highest BCUT2D eigenvalue weighted by Gasteiger charge is 2.06. The van der Waals surface area contributed by atoms with Gasteiger partial charge in [-0.05, 0) is 61.6 Å². The summed E-state index contributed by atoms with van der Waals surface area (Å²) in [6, 6.07) is 12.9. The fraction of sp³-hybridized carbons (Fsp3) is 0.294. The van der Waals surface area contributed by atoms with Crippen molar-refractivity contribution in [1.29, 1.82) is 0 Å².